The lowest BCUT2D eigenvalue weighted by Gasteiger charge is -2.46. The zero-order chi connectivity index (χ0) is 23.8. The highest BCUT2D eigenvalue weighted by molar-refractivity contribution is 5.78. The van der Waals surface area contributed by atoms with Crippen LogP contribution >= 0.6 is 0 Å². The number of piperidine rings is 1. The molecule has 1 saturated carbocycles. The van der Waals surface area contributed by atoms with E-state index in [0.29, 0.717) is 17.3 Å². The maximum Gasteiger partial charge on any atom is 0.229 e. The molecule has 2 fully saturated rings. The Balaban J connectivity index is 1.57. The van der Waals surface area contributed by atoms with Crippen LogP contribution < -0.4 is 21.0 Å². The van der Waals surface area contributed by atoms with Gasteiger partial charge in [-0.2, -0.15) is 10.5 Å². The fraction of sp³-hybridized carbons (Fsp3) is 0.522. The summed E-state index contributed by atoms with van der Waals surface area (Å²) >= 11 is 0. The van der Waals surface area contributed by atoms with Crippen LogP contribution in [0.2, 0.25) is 0 Å². The van der Waals surface area contributed by atoms with Gasteiger partial charge in [0, 0.05) is 22.8 Å². The minimum atomic E-state index is -0.495. The van der Waals surface area contributed by atoms with E-state index >= 15 is 0 Å². The van der Waals surface area contributed by atoms with Gasteiger partial charge in [-0.05, 0) is 83.1 Å². The lowest BCUT2D eigenvalue weighted by molar-refractivity contribution is 0.170. The van der Waals surface area contributed by atoms with Crippen molar-refractivity contribution in [3.05, 3.63) is 35.8 Å². The number of hydrogen-bond acceptors (Lipinski definition) is 8. The number of halogens is 1. The molecule has 33 heavy (non-hydrogen) atoms. The minimum absolute atomic E-state index is 0.0677. The van der Waals surface area contributed by atoms with Crippen LogP contribution in [-0.4, -0.2) is 33.4 Å². The largest absolute Gasteiger partial charge is 0.365 e. The Hall–Kier alpha value is -3.14. The fourth-order valence-corrected chi connectivity index (χ4v) is 4.93. The van der Waals surface area contributed by atoms with Crippen LogP contribution in [0.3, 0.4) is 0 Å². The van der Waals surface area contributed by atoms with Crippen LogP contribution in [-0.2, 0) is 0 Å². The second kappa shape index (κ2) is 8.66. The molecule has 0 bridgehead atoms. The summed E-state index contributed by atoms with van der Waals surface area (Å²) < 4.78 is 14.6. The summed E-state index contributed by atoms with van der Waals surface area (Å²) in [6.07, 6.45) is 6.05. The van der Waals surface area contributed by atoms with Gasteiger partial charge in [0.25, 0.3) is 0 Å². The van der Waals surface area contributed by atoms with Crippen molar-refractivity contribution in [1.82, 2.24) is 15.3 Å². The summed E-state index contributed by atoms with van der Waals surface area (Å²) in [4.78, 5) is 8.54. The molecule has 176 valence electrons. The Morgan fingerprint density at radius 3 is 2.48 bits per heavy atom. The molecule has 0 radical (unpaired) electrons. The van der Waals surface area contributed by atoms with Gasteiger partial charge in [0.1, 0.15) is 6.34 Å². The van der Waals surface area contributed by atoms with Crippen molar-refractivity contribution in [3.63, 3.8) is 0 Å². The standard InChI is InChI=1S/C23H32FN9/c1-22(2)10-17(11-23(3,4)31-22)28-20-19(24)12-27-21(30-20)29-16-7-15(14-5-6-14)8-18(9-16)33(13-25)32-26/h7-9,12-14,17,25-26,31H,5-6,10-11H2,1-4H3,(H2,27,28,29,30). The molecular weight excluding hydrogens is 421 g/mol. The van der Waals surface area contributed by atoms with Gasteiger partial charge < -0.3 is 16.0 Å². The zero-order valence-electron chi connectivity index (χ0n) is 19.5. The lowest BCUT2D eigenvalue weighted by atomic mass is 9.79. The number of aromatic nitrogens is 2. The summed E-state index contributed by atoms with van der Waals surface area (Å²) in [6.45, 7) is 8.60. The maximum absolute atomic E-state index is 14.6. The molecule has 0 amide bonds. The first-order chi connectivity index (χ1) is 15.6. The number of anilines is 4. The number of nitrogens with zero attached hydrogens (tertiary/aromatic N) is 4. The fourth-order valence-electron chi connectivity index (χ4n) is 4.93. The number of nitrogens with one attached hydrogen (secondary N) is 5. The molecule has 1 aromatic heterocycles. The quantitative estimate of drug-likeness (QED) is 0.159. The van der Waals surface area contributed by atoms with Crippen LogP contribution in [0.1, 0.15) is 64.9 Å². The Kier molecular flexibility index (Phi) is 6.04. The van der Waals surface area contributed by atoms with Gasteiger partial charge in [0.15, 0.2) is 11.6 Å². The zero-order valence-corrected chi connectivity index (χ0v) is 19.5. The van der Waals surface area contributed by atoms with E-state index in [0.717, 1.165) is 37.6 Å². The van der Waals surface area contributed by atoms with E-state index in [4.69, 9.17) is 10.9 Å². The smallest absolute Gasteiger partial charge is 0.229 e. The van der Waals surface area contributed by atoms with E-state index < -0.39 is 5.82 Å². The summed E-state index contributed by atoms with van der Waals surface area (Å²) in [7, 11) is 0. The monoisotopic (exact) mass is 453 g/mol. The van der Waals surface area contributed by atoms with Gasteiger partial charge in [-0.25, -0.2) is 14.4 Å². The molecule has 5 N–H and O–H groups in total. The van der Waals surface area contributed by atoms with Crippen LogP contribution in [0.5, 0.6) is 0 Å². The predicted octanol–water partition coefficient (Wildman–Crippen LogP) is 5.32. The minimum Gasteiger partial charge on any atom is -0.365 e. The first kappa shape index (κ1) is 23.0. The van der Waals surface area contributed by atoms with Crippen molar-refractivity contribution < 1.29 is 4.39 Å². The number of hydrogen-bond donors (Lipinski definition) is 5. The molecule has 2 aliphatic rings. The molecule has 9 nitrogen and oxygen atoms in total. The molecule has 2 aromatic rings. The van der Waals surface area contributed by atoms with Crippen LogP contribution in [0.25, 0.3) is 0 Å². The van der Waals surface area contributed by atoms with Gasteiger partial charge in [-0.15, -0.1) is 0 Å². The normalized spacial score (nSPS) is 19.5. The van der Waals surface area contributed by atoms with E-state index in [1.807, 2.05) is 12.1 Å². The highest BCUT2D eigenvalue weighted by Crippen LogP contribution is 2.42. The molecule has 0 unspecified atom stereocenters. The lowest BCUT2D eigenvalue weighted by Crippen LogP contribution is -2.60. The number of rotatable bonds is 8. The van der Waals surface area contributed by atoms with Crippen LogP contribution in [0.15, 0.2) is 29.6 Å². The first-order valence-electron chi connectivity index (χ1n) is 11.3. The first-order valence-corrected chi connectivity index (χ1v) is 11.3. The molecule has 0 atom stereocenters. The second-order valence-corrected chi connectivity index (χ2v) is 10.3. The van der Waals surface area contributed by atoms with Gasteiger partial charge >= 0.3 is 0 Å². The van der Waals surface area contributed by atoms with Crippen molar-refractivity contribution in [3.8, 4) is 0 Å². The molecule has 4 rings (SSSR count). The maximum atomic E-state index is 14.6. The molecule has 1 aliphatic heterocycles. The second-order valence-electron chi connectivity index (χ2n) is 10.3. The van der Waals surface area contributed by atoms with Gasteiger partial charge in [0.2, 0.25) is 5.95 Å². The highest BCUT2D eigenvalue weighted by Gasteiger charge is 2.38. The van der Waals surface area contributed by atoms with Gasteiger partial charge in [-0.3, -0.25) is 5.41 Å². The third-order valence-corrected chi connectivity index (χ3v) is 6.01. The Morgan fingerprint density at radius 2 is 1.88 bits per heavy atom. The third kappa shape index (κ3) is 5.62. The van der Waals surface area contributed by atoms with E-state index in [9.17, 15) is 4.39 Å². The van der Waals surface area contributed by atoms with E-state index in [2.05, 4.69) is 58.8 Å². The highest BCUT2D eigenvalue weighted by atomic mass is 19.1. The molecule has 1 aliphatic carbocycles. The van der Waals surface area contributed by atoms with Crippen molar-refractivity contribution in [2.45, 2.75) is 76.4 Å². The van der Waals surface area contributed by atoms with Gasteiger partial charge in [-0.1, -0.05) is 5.22 Å². The molecule has 10 heteroatoms. The Morgan fingerprint density at radius 1 is 1.18 bits per heavy atom. The topological polar surface area (TPSA) is 125 Å². The van der Waals surface area contributed by atoms with Crippen molar-refractivity contribution in [2.75, 3.05) is 15.6 Å². The van der Waals surface area contributed by atoms with Crippen molar-refractivity contribution >= 4 is 29.5 Å². The predicted molar refractivity (Wildman–Crippen MR) is 128 cm³/mol. The molecule has 0 spiro atoms. The van der Waals surface area contributed by atoms with Gasteiger partial charge in [0.05, 0.1) is 11.9 Å². The summed E-state index contributed by atoms with van der Waals surface area (Å²) in [5.41, 5.74) is 9.57. The molecule has 2 heterocycles. The molecule has 1 aromatic carbocycles. The third-order valence-electron chi connectivity index (χ3n) is 6.01. The van der Waals surface area contributed by atoms with Crippen LogP contribution in [0.4, 0.5) is 27.5 Å². The van der Waals surface area contributed by atoms with E-state index in [1.165, 1.54) is 11.2 Å². The summed E-state index contributed by atoms with van der Waals surface area (Å²) in [6, 6.07) is 5.78. The molecular formula is C23H32FN9. The van der Waals surface area contributed by atoms with Crippen LogP contribution in [0, 0.1) is 16.8 Å². The Bertz CT molecular complexity index is 1020. The summed E-state index contributed by atoms with van der Waals surface area (Å²) in [5.74, 6) is 0.410. The summed E-state index contributed by atoms with van der Waals surface area (Å²) in [5, 5.41) is 22.1. The average molecular weight is 454 g/mol. The SMILES string of the molecule is CC1(C)CC(Nc2nc(Nc3cc(C4CC4)cc(N(C=N)N=N)c3)ncc2F)CC(C)(C)N1. The Labute approximate surface area is 193 Å². The van der Waals surface area contributed by atoms with E-state index in [1.54, 1.807) is 6.07 Å². The molecule has 1 saturated heterocycles. The van der Waals surface area contributed by atoms with Crippen molar-refractivity contribution in [2.24, 2.45) is 5.22 Å². The number of benzene rings is 1. The van der Waals surface area contributed by atoms with Crippen molar-refractivity contribution in [1.29, 1.82) is 10.9 Å². The van der Waals surface area contributed by atoms with E-state index in [-0.39, 0.29) is 28.9 Å². The average Bonchev–Trinajstić information content (AvgIpc) is 3.54.